The first kappa shape index (κ1) is 14.8. The predicted octanol–water partition coefficient (Wildman–Crippen LogP) is 6.22. The SMILES string of the molecule is Cc1c(-c2cccc(C(C)C)c2C)cccc1C(C)C. The van der Waals surface area contributed by atoms with Crippen molar-refractivity contribution in [1.29, 1.82) is 0 Å². The third-order valence-electron chi connectivity index (χ3n) is 4.29. The lowest BCUT2D eigenvalue weighted by Crippen LogP contribution is -1.98. The molecule has 0 saturated heterocycles. The molecule has 0 nitrogen and oxygen atoms in total. The van der Waals surface area contributed by atoms with E-state index in [-0.39, 0.29) is 0 Å². The predicted molar refractivity (Wildman–Crippen MR) is 89.5 cm³/mol. The Hall–Kier alpha value is -1.56. The van der Waals surface area contributed by atoms with Gasteiger partial charge in [0, 0.05) is 0 Å². The van der Waals surface area contributed by atoms with E-state index >= 15 is 0 Å². The molecule has 0 radical (unpaired) electrons. The molecule has 2 rings (SSSR count). The van der Waals surface area contributed by atoms with Crippen molar-refractivity contribution in [2.24, 2.45) is 0 Å². The second kappa shape index (κ2) is 5.83. The molecule has 0 unspecified atom stereocenters. The highest BCUT2D eigenvalue weighted by Gasteiger charge is 2.13. The summed E-state index contributed by atoms with van der Waals surface area (Å²) in [6.07, 6.45) is 0. The van der Waals surface area contributed by atoms with Gasteiger partial charge in [0.2, 0.25) is 0 Å². The molecule has 2 aromatic carbocycles. The van der Waals surface area contributed by atoms with Gasteiger partial charge in [0.25, 0.3) is 0 Å². The van der Waals surface area contributed by atoms with Crippen LogP contribution in [-0.4, -0.2) is 0 Å². The minimum absolute atomic E-state index is 0.573. The molecule has 0 N–H and O–H groups in total. The molecule has 0 heteroatoms. The van der Waals surface area contributed by atoms with Crippen molar-refractivity contribution in [3.05, 3.63) is 58.7 Å². The van der Waals surface area contributed by atoms with Gasteiger partial charge in [-0.1, -0.05) is 64.1 Å². The Kier molecular flexibility index (Phi) is 4.32. The maximum atomic E-state index is 2.27. The Balaban J connectivity index is 2.64. The van der Waals surface area contributed by atoms with Crippen LogP contribution in [-0.2, 0) is 0 Å². The van der Waals surface area contributed by atoms with Crippen LogP contribution in [0.4, 0.5) is 0 Å². The number of hydrogen-bond acceptors (Lipinski definition) is 0. The minimum atomic E-state index is 0.573. The van der Waals surface area contributed by atoms with E-state index in [0.29, 0.717) is 11.8 Å². The minimum Gasteiger partial charge on any atom is -0.0613 e. The van der Waals surface area contributed by atoms with Crippen LogP contribution in [0.3, 0.4) is 0 Å². The van der Waals surface area contributed by atoms with Crippen molar-refractivity contribution in [2.45, 2.75) is 53.4 Å². The van der Waals surface area contributed by atoms with Gasteiger partial charge in [-0.15, -0.1) is 0 Å². The standard InChI is InChI=1S/C20H26/c1-13(2)17-9-7-11-19(15(17)5)20-12-8-10-18(14(3)4)16(20)6/h7-14H,1-6H3. The summed E-state index contributed by atoms with van der Waals surface area (Å²) in [4.78, 5) is 0. The fraction of sp³-hybridized carbons (Fsp3) is 0.400. The van der Waals surface area contributed by atoms with E-state index in [0.717, 1.165) is 0 Å². The number of hydrogen-bond donors (Lipinski definition) is 0. The Labute approximate surface area is 123 Å². The Morgan fingerprint density at radius 1 is 0.600 bits per heavy atom. The maximum Gasteiger partial charge on any atom is -0.0149 e. The van der Waals surface area contributed by atoms with Crippen LogP contribution >= 0.6 is 0 Å². The van der Waals surface area contributed by atoms with Crippen LogP contribution in [0.5, 0.6) is 0 Å². The molecule has 0 saturated carbocycles. The van der Waals surface area contributed by atoms with Gasteiger partial charge in [0.15, 0.2) is 0 Å². The summed E-state index contributed by atoms with van der Waals surface area (Å²) in [5.41, 5.74) is 8.53. The first-order valence-corrected chi connectivity index (χ1v) is 7.62. The molecule has 0 aliphatic heterocycles. The lowest BCUT2D eigenvalue weighted by Gasteiger charge is -2.18. The van der Waals surface area contributed by atoms with Crippen LogP contribution < -0.4 is 0 Å². The van der Waals surface area contributed by atoms with E-state index in [4.69, 9.17) is 0 Å². The second-order valence-electron chi connectivity index (χ2n) is 6.35. The lowest BCUT2D eigenvalue weighted by molar-refractivity contribution is 0.854. The highest BCUT2D eigenvalue weighted by atomic mass is 14.2. The highest BCUT2D eigenvalue weighted by Crippen LogP contribution is 2.34. The molecule has 20 heavy (non-hydrogen) atoms. The highest BCUT2D eigenvalue weighted by molar-refractivity contribution is 5.73. The Bertz CT molecular complexity index is 548. The normalized spacial score (nSPS) is 11.4. The van der Waals surface area contributed by atoms with Gasteiger partial charge in [-0.3, -0.25) is 0 Å². The molecular formula is C20H26. The molecule has 0 spiro atoms. The van der Waals surface area contributed by atoms with Crippen molar-refractivity contribution >= 4 is 0 Å². The molecule has 0 heterocycles. The number of benzene rings is 2. The van der Waals surface area contributed by atoms with Crippen LogP contribution in [0.1, 0.15) is 61.8 Å². The zero-order valence-corrected chi connectivity index (χ0v) is 13.6. The van der Waals surface area contributed by atoms with Crippen LogP contribution in [0.15, 0.2) is 36.4 Å². The second-order valence-corrected chi connectivity index (χ2v) is 6.35. The van der Waals surface area contributed by atoms with Gasteiger partial charge in [0.05, 0.1) is 0 Å². The quantitative estimate of drug-likeness (QED) is 0.619. The van der Waals surface area contributed by atoms with Crippen LogP contribution in [0.25, 0.3) is 11.1 Å². The van der Waals surface area contributed by atoms with Gasteiger partial charge >= 0.3 is 0 Å². The average molecular weight is 266 g/mol. The Morgan fingerprint density at radius 3 is 1.25 bits per heavy atom. The molecule has 0 atom stereocenters. The zero-order chi connectivity index (χ0) is 14.9. The summed E-state index contributed by atoms with van der Waals surface area (Å²) in [5, 5.41) is 0. The summed E-state index contributed by atoms with van der Waals surface area (Å²) in [7, 11) is 0. The smallest absolute Gasteiger partial charge is 0.0149 e. The monoisotopic (exact) mass is 266 g/mol. The van der Waals surface area contributed by atoms with Gasteiger partial charge in [-0.25, -0.2) is 0 Å². The van der Waals surface area contributed by atoms with Gasteiger partial charge in [-0.05, 0) is 59.1 Å². The maximum absolute atomic E-state index is 2.27. The molecule has 0 aliphatic rings. The fourth-order valence-corrected chi connectivity index (χ4v) is 3.14. The van der Waals surface area contributed by atoms with Crippen molar-refractivity contribution in [3.63, 3.8) is 0 Å². The van der Waals surface area contributed by atoms with E-state index in [2.05, 4.69) is 77.9 Å². The molecular weight excluding hydrogens is 240 g/mol. The molecule has 0 aromatic heterocycles. The molecule has 0 amide bonds. The van der Waals surface area contributed by atoms with Gasteiger partial charge < -0.3 is 0 Å². The van der Waals surface area contributed by atoms with E-state index in [1.807, 2.05) is 0 Å². The lowest BCUT2D eigenvalue weighted by atomic mass is 9.86. The Morgan fingerprint density at radius 2 is 0.950 bits per heavy atom. The third-order valence-corrected chi connectivity index (χ3v) is 4.29. The molecule has 0 fully saturated rings. The van der Waals surface area contributed by atoms with Crippen molar-refractivity contribution in [1.82, 2.24) is 0 Å². The van der Waals surface area contributed by atoms with E-state index < -0.39 is 0 Å². The van der Waals surface area contributed by atoms with E-state index in [1.165, 1.54) is 33.4 Å². The van der Waals surface area contributed by atoms with Gasteiger partial charge in [0.1, 0.15) is 0 Å². The van der Waals surface area contributed by atoms with Gasteiger partial charge in [-0.2, -0.15) is 0 Å². The topological polar surface area (TPSA) is 0 Å². The zero-order valence-electron chi connectivity index (χ0n) is 13.6. The van der Waals surface area contributed by atoms with Crippen molar-refractivity contribution in [3.8, 4) is 11.1 Å². The molecule has 0 bridgehead atoms. The molecule has 2 aromatic rings. The largest absolute Gasteiger partial charge is 0.0613 e. The summed E-state index contributed by atoms with van der Waals surface area (Å²) < 4.78 is 0. The van der Waals surface area contributed by atoms with Crippen molar-refractivity contribution < 1.29 is 0 Å². The first-order valence-electron chi connectivity index (χ1n) is 7.62. The third kappa shape index (κ3) is 2.65. The average Bonchev–Trinajstić information content (AvgIpc) is 2.39. The molecule has 0 aliphatic carbocycles. The summed E-state index contributed by atoms with van der Waals surface area (Å²) in [5.74, 6) is 1.15. The fourth-order valence-electron chi connectivity index (χ4n) is 3.14. The summed E-state index contributed by atoms with van der Waals surface area (Å²) in [6, 6.07) is 13.4. The van der Waals surface area contributed by atoms with Crippen LogP contribution in [0.2, 0.25) is 0 Å². The van der Waals surface area contributed by atoms with Crippen LogP contribution in [0, 0.1) is 13.8 Å². The molecule has 106 valence electrons. The van der Waals surface area contributed by atoms with E-state index in [9.17, 15) is 0 Å². The number of rotatable bonds is 3. The summed E-state index contributed by atoms with van der Waals surface area (Å²) >= 11 is 0. The first-order chi connectivity index (χ1) is 9.43. The van der Waals surface area contributed by atoms with E-state index in [1.54, 1.807) is 0 Å². The van der Waals surface area contributed by atoms with Crippen molar-refractivity contribution in [2.75, 3.05) is 0 Å². The summed E-state index contributed by atoms with van der Waals surface area (Å²) in [6.45, 7) is 13.6.